The van der Waals surface area contributed by atoms with E-state index in [0.717, 1.165) is 10.9 Å². The number of carbonyl (C=O) groups is 2. The van der Waals surface area contributed by atoms with Gasteiger partial charge in [-0.2, -0.15) is 5.10 Å². The number of aromatic nitrogens is 2. The molecule has 0 aliphatic rings. The number of carboxylic acids is 1. The van der Waals surface area contributed by atoms with Crippen molar-refractivity contribution in [3.05, 3.63) is 42.4 Å². The molecule has 0 radical (unpaired) electrons. The maximum Gasteiger partial charge on any atom is 0.331 e. The van der Waals surface area contributed by atoms with Crippen LogP contribution < -0.4 is 10.1 Å². The number of furan rings is 1. The van der Waals surface area contributed by atoms with E-state index in [2.05, 4.69) is 10.4 Å². The van der Waals surface area contributed by atoms with Crippen LogP contribution in [0.3, 0.4) is 0 Å². The summed E-state index contributed by atoms with van der Waals surface area (Å²) in [4.78, 5) is 23.6. The van der Waals surface area contributed by atoms with Gasteiger partial charge < -0.3 is 19.6 Å². The number of carbonyl (C=O) groups excluding carboxylic acids is 1. The molecule has 0 aliphatic carbocycles. The number of anilines is 1. The van der Waals surface area contributed by atoms with Gasteiger partial charge in [0.25, 0.3) is 0 Å². The monoisotopic (exact) mass is 357 g/mol. The molecule has 3 aromatic rings. The van der Waals surface area contributed by atoms with Gasteiger partial charge in [0.05, 0.1) is 31.7 Å². The highest BCUT2D eigenvalue weighted by Crippen LogP contribution is 2.26. The molecule has 8 heteroatoms. The maximum atomic E-state index is 12.3. The van der Waals surface area contributed by atoms with Crippen LogP contribution in [-0.2, 0) is 21.5 Å². The summed E-state index contributed by atoms with van der Waals surface area (Å²) in [6.07, 6.45) is 4.57. The zero-order valence-electron chi connectivity index (χ0n) is 14.6. The predicted octanol–water partition coefficient (Wildman–Crippen LogP) is 2.64. The first kappa shape index (κ1) is 17.5. The average molecular weight is 357 g/mol. The Kier molecular flexibility index (Phi) is 4.41. The van der Waals surface area contributed by atoms with Crippen molar-refractivity contribution in [1.29, 1.82) is 0 Å². The van der Waals surface area contributed by atoms with E-state index in [-0.39, 0.29) is 12.3 Å². The lowest BCUT2D eigenvalue weighted by Crippen LogP contribution is -2.35. The minimum atomic E-state index is -1.21. The molecule has 3 rings (SSSR count). The van der Waals surface area contributed by atoms with Crippen molar-refractivity contribution < 1.29 is 23.8 Å². The van der Waals surface area contributed by atoms with Crippen LogP contribution in [0.4, 0.5) is 5.69 Å². The van der Waals surface area contributed by atoms with E-state index < -0.39 is 11.5 Å². The molecule has 0 fully saturated rings. The molecule has 0 spiro atoms. The van der Waals surface area contributed by atoms with Crippen molar-refractivity contribution in [2.24, 2.45) is 0 Å². The quantitative estimate of drug-likeness (QED) is 0.702. The highest BCUT2D eigenvalue weighted by Gasteiger charge is 2.30. The zero-order chi connectivity index (χ0) is 18.9. The van der Waals surface area contributed by atoms with E-state index in [0.29, 0.717) is 17.0 Å². The second kappa shape index (κ2) is 6.55. The molecule has 2 aromatic heterocycles. The van der Waals surface area contributed by atoms with Crippen LogP contribution in [0, 0.1) is 0 Å². The summed E-state index contributed by atoms with van der Waals surface area (Å²) in [5.41, 5.74) is 0.614. The van der Waals surface area contributed by atoms with Gasteiger partial charge >= 0.3 is 5.97 Å². The fourth-order valence-corrected chi connectivity index (χ4v) is 2.50. The first-order chi connectivity index (χ1) is 12.3. The number of nitrogens with zero attached hydrogens (tertiary/aromatic N) is 2. The maximum absolute atomic E-state index is 12.3. The summed E-state index contributed by atoms with van der Waals surface area (Å²) < 4.78 is 11.9. The number of amides is 1. The lowest BCUT2D eigenvalue weighted by Gasteiger charge is -2.19. The molecule has 1 amide bonds. The number of benzene rings is 1. The number of hydrogen-bond acceptors (Lipinski definition) is 5. The number of nitrogens with one attached hydrogen (secondary N) is 1. The molecule has 26 heavy (non-hydrogen) atoms. The molecule has 2 heterocycles. The first-order valence-corrected chi connectivity index (χ1v) is 7.94. The van der Waals surface area contributed by atoms with Crippen molar-refractivity contribution >= 4 is 28.5 Å². The lowest BCUT2D eigenvalue weighted by molar-refractivity contribution is -0.146. The Labute approximate surface area is 149 Å². The number of hydrogen-bond donors (Lipinski definition) is 2. The molecule has 136 valence electrons. The third-order valence-corrected chi connectivity index (χ3v) is 4.18. The molecular weight excluding hydrogens is 338 g/mol. The van der Waals surface area contributed by atoms with Crippen molar-refractivity contribution in [3.8, 4) is 5.75 Å². The molecule has 0 saturated heterocycles. The Morgan fingerprint density at radius 2 is 2.15 bits per heavy atom. The summed E-state index contributed by atoms with van der Waals surface area (Å²) in [6.45, 7) is 3.06. The van der Waals surface area contributed by atoms with E-state index >= 15 is 0 Å². The molecule has 1 aromatic carbocycles. The van der Waals surface area contributed by atoms with Gasteiger partial charge in [-0.25, -0.2) is 4.79 Å². The standard InChI is InChI=1S/C18H19N3O5/c1-18(2,17(23)24)21-9-12(8-19-21)20-16(22)6-11-10-26-15-7-13(25-3)4-5-14(11)15/h4-5,7-10H,6H2,1-3H3,(H,20,22)(H,23,24). The SMILES string of the molecule is COc1ccc2c(CC(=O)Nc3cnn(C(C)(C)C(=O)O)c3)coc2c1. The smallest absolute Gasteiger partial charge is 0.331 e. The number of rotatable bonds is 6. The summed E-state index contributed by atoms with van der Waals surface area (Å²) in [6, 6.07) is 5.40. The summed E-state index contributed by atoms with van der Waals surface area (Å²) >= 11 is 0. The van der Waals surface area contributed by atoms with Gasteiger partial charge in [-0.15, -0.1) is 0 Å². The Morgan fingerprint density at radius 1 is 1.38 bits per heavy atom. The van der Waals surface area contributed by atoms with Crippen LogP contribution in [0.25, 0.3) is 11.0 Å². The number of ether oxygens (including phenoxy) is 1. The van der Waals surface area contributed by atoms with Gasteiger partial charge in [-0.1, -0.05) is 0 Å². The zero-order valence-corrected chi connectivity index (χ0v) is 14.6. The third-order valence-electron chi connectivity index (χ3n) is 4.18. The van der Waals surface area contributed by atoms with Gasteiger partial charge in [-0.05, 0) is 26.0 Å². The largest absolute Gasteiger partial charge is 0.497 e. The highest BCUT2D eigenvalue weighted by atomic mass is 16.5. The van der Waals surface area contributed by atoms with Crippen LogP contribution in [-0.4, -0.2) is 33.9 Å². The summed E-state index contributed by atoms with van der Waals surface area (Å²) in [5.74, 6) is -0.591. The van der Waals surface area contributed by atoms with E-state index in [1.165, 1.54) is 30.9 Å². The van der Waals surface area contributed by atoms with E-state index in [1.54, 1.807) is 25.5 Å². The molecule has 0 atom stereocenters. The van der Waals surface area contributed by atoms with Gasteiger partial charge in [0.2, 0.25) is 5.91 Å². The van der Waals surface area contributed by atoms with E-state index in [1.807, 2.05) is 6.07 Å². The summed E-state index contributed by atoms with van der Waals surface area (Å²) in [7, 11) is 1.57. The average Bonchev–Trinajstić information content (AvgIpc) is 3.22. The Balaban J connectivity index is 1.72. The Hall–Kier alpha value is -3.29. The van der Waals surface area contributed by atoms with Crippen molar-refractivity contribution in [2.75, 3.05) is 12.4 Å². The van der Waals surface area contributed by atoms with Gasteiger partial charge in [0.1, 0.15) is 11.3 Å². The first-order valence-electron chi connectivity index (χ1n) is 7.94. The van der Waals surface area contributed by atoms with Crippen LogP contribution in [0.2, 0.25) is 0 Å². The third kappa shape index (κ3) is 3.26. The molecule has 0 unspecified atom stereocenters. The molecule has 0 bridgehead atoms. The van der Waals surface area contributed by atoms with Gasteiger partial charge in [0, 0.05) is 23.2 Å². The van der Waals surface area contributed by atoms with Crippen LogP contribution >= 0.6 is 0 Å². The van der Waals surface area contributed by atoms with Crippen LogP contribution in [0.5, 0.6) is 5.75 Å². The molecule has 2 N–H and O–H groups in total. The van der Waals surface area contributed by atoms with Crippen LogP contribution in [0.1, 0.15) is 19.4 Å². The predicted molar refractivity (Wildman–Crippen MR) is 94.3 cm³/mol. The second-order valence-corrected chi connectivity index (χ2v) is 6.39. The van der Waals surface area contributed by atoms with Gasteiger partial charge in [0.15, 0.2) is 5.54 Å². The lowest BCUT2D eigenvalue weighted by atomic mass is 10.1. The number of aliphatic carboxylic acids is 1. The fourth-order valence-electron chi connectivity index (χ4n) is 2.50. The fraction of sp³-hybridized carbons (Fsp3) is 0.278. The Bertz CT molecular complexity index is 970. The number of fused-ring (bicyclic) bond motifs is 1. The molecule has 8 nitrogen and oxygen atoms in total. The van der Waals surface area contributed by atoms with E-state index in [4.69, 9.17) is 9.15 Å². The molecule has 0 saturated carbocycles. The number of methoxy groups -OCH3 is 1. The van der Waals surface area contributed by atoms with Crippen molar-refractivity contribution in [1.82, 2.24) is 9.78 Å². The Morgan fingerprint density at radius 3 is 2.85 bits per heavy atom. The van der Waals surface area contributed by atoms with E-state index in [9.17, 15) is 14.7 Å². The minimum absolute atomic E-state index is 0.118. The normalized spacial score (nSPS) is 11.5. The summed E-state index contributed by atoms with van der Waals surface area (Å²) in [5, 5.41) is 16.8. The van der Waals surface area contributed by atoms with Gasteiger partial charge in [-0.3, -0.25) is 9.48 Å². The van der Waals surface area contributed by atoms with Crippen molar-refractivity contribution in [2.45, 2.75) is 25.8 Å². The highest BCUT2D eigenvalue weighted by molar-refractivity contribution is 5.95. The second-order valence-electron chi connectivity index (χ2n) is 6.39. The van der Waals surface area contributed by atoms with Crippen molar-refractivity contribution in [3.63, 3.8) is 0 Å². The molecule has 0 aliphatic heterocycles. The molecular formula is C18H19N3O5. The topological polar surface area (TPSA) is 107 Å². The minimum Gasteiger partial charge on any atom is -0.497 e. The number of carboxylic acid groups (broad SMARTS) is 1. The van der Waals surface area contributed by atoms with Crippen LogP contribution in [0.15, 0.2) is 41.3 Å².